The molecule has 0 aromatic carbocycles. The summed E-state index contributed by atoms with van der Waals surface area (Å²) in [6.07, 6.45) is 6.59. The molecule has 0 aromatic rings. The number of aliphatic carboxylic acids is 1. The molecule has 0 heterocycles. The third kappa shape index (κ3) is 2.83. The molecular weight excluding hydrogens is 232 g/mol. The fourth-order valence-corrected chi connectivity index (χ4v) is 3.08. The van der Waals surface area contributed by atoms with Crippen molar-refractivity contribution in [3.05, 3.63) is 0 Å². The first-order chi connectivity index (χ1) is 8.51. The van der Waals surface area contributed by atoms with E-state index in [1.807, 2.05) is 0 Å². The minimum absolute atomic E-state index is 0.0130. The Bertz CT molecular complexity index is 337. The number of carboxylic acids is 1. The monoisotopic (exact) mass is 254 g/mol. The number of nitrogens with one attached hydrogen (secondary N) is 1. The zero-order valence-electron chi connectivity index (χ0n) is 10.7. The normalized spacial score (nSPS) is 30.9. The van der Waals surface area contributed by atoms with E-state index in [2.05, 4.69) is 5.32 Å². The molecule has 1 amide bonds. The molecule has 0 aromatic heterocycles. The van der Waals surface area contributed by atoms with E-state index in [-0.39, 0.29) is 17.9 Å². The standard InChI is InChI=1S/C13H22N2O3/c14-13(6-2-1-3-7-13)12(18)15-10-5-4-9(8-10)11(16)17/h9-10H,1-8,14H2,(H,15,18)(H,16,17). The summed E-state index contributed by atoms with van der Waals surface area (Å²) in [5.74, 6) is -1.15. The number of carboxylic acid groups (broad SMARTS) is 1. The molecule has 0 aliphatic heterocycles. The smallest absolute Gasteiger partial charge is 0.306 e. The lowest BCUT2D eigenvalue weighted by molar-refractivity contribution is -0.141. The molecule has 2 unspecified atom stereocenters. The lowest BCUT2D eigenvalue weighted by Crippen LogP contribution is -2.56. The first kappa shape index (κ1) is 13.3. The van der Waals surface area contributed by atoms with Gasteiger partial charge in [0.2, 0.25) is 5.91 Å². The van der Waals surface area contributed by atoms with Crippen molar-refractivity contribution in [2.24, 2.45) is 11.7 Å². The van der Waals surface area contributed by atoms with E-state index in [1.54, 1.807) is 0 Å². The molecule has 102 valence electrons. The highest BCUT2D eigenvalue weighted by Gasteiger charge is 2.38. The van der Waals surface area contributed by atoms with E-state index in [0.717, 1.165) is 38.5 Å². The molecule has 5 nitrogen and oxygen atoms in total. The zero-order valence-corrected chi connectivity index (χ0v) is 10.7. The Morgan fingerprint density at radius 1 is 1.17 bits per heavy atom. The molecule has 0 spiro atoms. The molecule has 0 saturated heterocycles. The Hall–Kier alpha value is -1.10. The van der Waals surface area contributed by atoms with E-state index in [0.29, 0.717) is 12.8 Å². The van der Waals surface area contributed by atoms with Crippen LogP contribution in [0.15, 0.2) is 0 Å². The van der Waals surface area contributed by atoms with E-state index < -0.39 is 11.5 Å². The second-order valence-electron chi connectivity index (χ2n) is 5.74. The van der Waals surface area contributed by atoms with Crippen LogP contribution in [0, 0.1) is 5.92 Å². The summed E-state index contributed by atoms with van der Waals surface area (Å²) in [5.41, 5.74) is 5.42. The lowest BCUT2D eigenvalue weighted by Gasteiger charge is -2.33. The van der Waals surface area contributed by atoms with Crippen molar-refractivity contribution in [2.45, 2.75) is 62.9 Å². The predicted octanol–water partition coefficient (Wildman–Crippen LogP) is 1.02. The Labute approximate surface area is 107 Å². The molecule has 2 fully saturated rings. The average Bonchev–Trinajstić information content (AvgIpc) is 2.78. The topological polar surface area (TPSA) is 92.4 Å². The van der Waals surface area contributed by atoms with Gasteiger partial charge in [0, 0.05) is 6.04 Å². The highest BCUT2D eigenvalue weighted by atomic mass is 16.4. The predicted molar refractivity (Wildman–Crippen MR) is 66.9 cm³/mol. The van der Waals surface area contributed by atoms with Gasteiger partial charge in [-0.3, -0.25) is 9.59 Å². The number of rotatable bonds is 3. The average molecular weight is 254 g/mol. The van der Waals surface area contributed by atoms with Gasteiger partial charge in [-0.1, -0.05) is 19.3 Å². The zero-order chi connectivity index (χ0) is 13.2. The number of hydrogen-bond acceptors (Lipinski definition) is 3. The fourth-order valence-electron chi connectivity index (χ4n) is 3.08. The Morgan fingerprint density at radius 2 is 1.83 bits per heavy atom. The number of carbonyl (C=O) groups is 2. The quantitative estimate of drug-likeness (QED) is 0.701. The first-order valence-corrected chi connectivity index (χ1v) is 6.84. The van der Waals surface area contributed by atoms with Crippen LogP contribution in [0.3, 0.4) is 0 Å². The minimum atomic E-state index is -0.758. The van der Waals surface area contributed by atoms with Gasteiger partial charge in [0.25, 0.3) is 0 Å². The molecule has 18 heavy (non-hydrogen) atoms. The van der Waals surface area contributed by atoms with Crippen molar-refractivity contribution in [1.82, 2.24) is 5.32 Å². The number of nitrogens with two attached hydrogens (primary N) is 1. The van der Waals surface area contributed by atoms with Gasteiger partial charge in [-0.25, -0.2) is 0 Å². The van der Waals surface area contributed by atoms with Gasteiger partial charge >= 0.3 is 5.97 Å². The van der Waals surface area contributed by atoms with Crippen LogP contribution in [0.1, 0.15) is 51.4 Å². The van der Waals surface area contributed by atoms with Crippen LogP contribution in [0.2, 0.25) is 0 Å². The maximum absolute atomic E-state index is 12.2. The van der Waals surface area contributed by atoms with Crippen molar-refractivity contribution >= 4 is 11.9 Å². The summed E-state index contributed by atoms with van der Waals surface area (Å²) in [4.78, 5) is 23.0. The summed E-state index contributed by atoms with van der Waals surface area (Å²) in [6, 6.07) is -0.0130. The van der Waals surface area contributed by atoms with E-state index in [9.17, 15) is 9.59 Å². The van der Waals surface area contributed by atoms with Gasteiger partial charge in [-0.15, -0.1) is 0 Å². The Kier molecular flexibility index (Phi) is 3.90. The second-order valence-corrected chi connectivity index (χ2v) is 5.74. The van der Waals surface area contributed by atoms with Gasteiger partial charge in [0.05, 0.1) is 11.5 Å². The van der Waals surface area contributed by atoms with Crippen molar-refractivity contribution < 1.29 is 14.7 Å². The third-order valence-electron chi connectivity index (χ3n) is 4.32. The molecule has 0 bridgehead atoms. The molecule has 4 N–H and O–H groups in total. The molecular formula is C13H22N2O3. The first-order valence-electron chi connectivity index (χ1n) is 6.84. The highest BCUT2D eigenvalue weighted by molar-refractivity contribution is 5.86. The van der Waals surface area contributed by atoms with Gasteiger partial charge in [-0.2, -0.15) is 0 Å². The molecule has 0 radical (unpaired) electrons. The van der Waals surface area contributed by atoms with Crippen LogP contribution < -0.4 is 11.1 Å². The van der Waals surface area contributed by atoms with Crippen LogP contribution in [0.4, 0.5) is 0 Å². The van der Waals surface area contributed by atoms with Gasteiger partial charge in [-0.05, 0) is 32.1 Å². The lowest BCUT2D eigenvalue weighted by atomic mass is 9.81. The van der Waals surface area contributed by atoms with Crippen molar-refractivity contribution in [1.29, 1.82) is 0 Å². The second kappa shape index (κ2) is 5.26. The largest absolute Gasteiger partial charge is 0.481 e. The van der Waals surface area contributed by atoms with Crippen LogP contribution in [-0.2, 0) is 9.59 Å². The van der Waals surface area contributed by atoms with Crippen LogP contribution in [-0.4, -0.2) is 28.6 Å². The Morgan fingerprint density at radius 3 is 2.39 bits per heavy atom. The van der Waals surface area contributed by atoms with Crippen LogP contribution >= 0.6 is 0 Å². The van der Waals surface area contributed by atoms with Gasteiger partial charge < -0.3 is 16.2 Å². The molecule has 2 aliphatic rings. The summed E-state index contributed by atoms with van der Waals surface area (Å²) in [7, 11) is 0. The minimum Gasteiger partial charge on any atom is -0.481 e. The number of hydrogen-bond donors (Lipinski definition) is 3. The van der Waals surface area contributed by atoms with E-state index >= 15 is 0 Å². The van der Waals surface area contributed by atoms with E-state index in [4.69, 9.17) is 10.8 Å². The molecule has 2 atom stereocenters. The molecule has 2 aliphatic carbocycles. The molecule has 2 saturated carbocycles. The maximum atomic E-state index is 12.2. The maximum Gasteiger partial charge on any atom is 0.306 e. The van der Waals surface area contributed by atoms with Gasteiger partial charge in [0.15, 0.2) is 0 Å². The summed E-state index contributed by atoms with van der Waals surface area (Å²) in [6.45, 7) is 0. The SMILES string of the molecule is NC1(C(=O)NC2CCC(C(=O)O)C2)CCCCC1. The van der Waals surface area contributed by atoms with Gasteiger partial charge in [0.1, 0.15) is 0 Å². The van der Waals surface area contributed by atoms with Crippen LogP contribution in [0.5, 0.6) is 0 Å². The van der Waals surface area contributed by atoms with Crippen LogP contribution in [0.25, 0.3) is 0 Å². The number of carbonyl (C=O) groups excluding carboxylic acids is 1. The highest BCUT2D eigenvalue weighted by Crippen LogP contribution is 2.29. The van der Waals surface area contributed by atoms with Crippen molar-refractivity contribution in [3.63, 3.8) is 0 Å². The summed E-state index contributed by atoms with van der Waals surface area (Å²) >= 11 is 0. The third-order valence-corrected chi connectivity index (χ3v) is 4.32. The van der Waals surface area contributed by atoms with Crippen molar-refractivity contribution in [3.8, 4) is 0 Å². The number of amides is 1. The van der Waals surface area contributed by atoms with E-state index in [1.165, 1.54) is 0 Å². The molecule has 2 rings (SSSR count). The summed E-state index contributed by atoms with van der Waals surface area (Å²) < 4.78 is 0. The van der Waals surface area contributed by atoms with Crippen molar-refractivity contribution in [2.75, 3.05) is 0 Å². The Balaban J connectivity index is 1.86. The molecule has 5 heteroatoms. The summed E-state index contributed by atoms with van der Waals surface area (Å²) in [5, 5.41) is 11.9. The fraction of sp³-hybridized carbons (Fsp3) is 0.846.